The Morgan fingerprint density at radius 3 is 2.48 bits per heavy atom. The molecule has 0 spiro atoms. The maximum absolute atomic E-state index is 12.2. The predicted molar refractivity (Wildman–Crippen MR) is 77.8 cm³/mol. The molecule has 1 amide bonds. The Balaban J connectivity index is 2.78. The normalized spacial score (nSPS) is 10.0. The number of hydrogen-bond acceptors (Lipinski definition) is 4. The van der Waals surface area contributed by atoms with E-state index >= 15 is 0 Å². The Morgan fingerprint density at radius 1 is 1.24 bits per heavy atom. The molecule has 0 saturated carbocycles. The lowest BCUT2D eigenvalue weighted by Gasteiger charge is -2.20. The average molecular weight is 295 g/mol. The molecule has 0 atom stereocenters. The van der Waals surface area contributed by atoms with Gasteiger partial charge in [-0.1, -0.05) is 6.07 Å². The number of aliphatic carboxylic acids is 1. The Morgan fingerprint density at radius 2 is 1.95 bits per heavy atom. The van der Waals surface area contributed by atoms with Crippen molar-refractivity contribution in [2.24, 2.45) is 0 Å². The second-order valence-electron chi connectivity index (χ2n) is 4.47. The number of ether oxygens (including phenoxy) is 2. The third kappa shape index (κ3) is 4.98. The van der Waals surface area contributed by atoms with E-state index in [1.54, 1.807) is 25.3 Å². The van der Waals surface area contributed by atoms with Gasteiger partial charge in [0.25, 0.3) is 0 Å². The number of carboxylic acid groups (broad SMARTS) is 1. The molecular formula is C15H21NO5. The second-order valence-corrected chi connectivity index (χ2v) is 4.47. The second kappa shape index (κ2) is 8.14. The van der Waals surface area contributed by atoms with E-state index in [-0.39, 0.29) is 25.3 Å². The lowest BCUT2D eigenvalue weighted by molar-refractivity contribution is -0.138. The first-order valence-electron chi connectivity index (χ1n) is 6.72. The van der Waals surface area contributed by atoms with Gasteiger partial charge in [0.1, 0.15) is 11.5 Å². The average Bonchev–Trinajstić information content (AvgIpc) is 2.47. The highest BCUT2D eigenvalue weighted by Crippen LogP contribution is 2.25. The van der Waals surface area contributed by atoms with Crippen LogP contribution in [0.5, 0.6) is 11.5 Å². The molecule has 1 N–H and O–H groups in total. The maximum atomic E-state index is 12.2. The van der Waals surface area contributed by atoms with Gasteiger partial charge >= 0.3 is 5.97 Å². The fourth-order valence-electron chi connectivity index (χ4n) is 1.96. The number of carbonyl (C=O) groups is 2. The molecule has 1 rings (SSSR count). The molecule has 6 heteroatoms. The molecule has 6 nitrogen and oxygen atoms in total. The number of benzene rings is 1. The Labute approximate surface area is 124 Å². The van der Waals surface area contributed by atoms with Gasteiger partial charge in [0.05, 0.1) is 27.1 Å². The fraction of sp³-hybridized carbons (Fsp3) is 0.467. The van der Waals surface area contributed by atoms with Crippen molar-refractivity contribution in [3.63, 3.8) is 0 Å². The summed E-state index contributed by atoms with van der Waals surface area (Å²) in [4.78, 5) is 24.4. The monoisotopic (exact) mass is 295 g/mol. The van der Waals surface area contributed by atoms with Crippen molar-refractivity contribution in [2.45, 2.75) is 19.8 Å². The zero-order valence-corrected chi connectivity index (χ0v) is 12.6. The van der Waals surface area contributed by atoms with Crippen LogP contribution in [0.25, 0.3) is 0 Å². The largest absolute Gasteiger partial charge is 0.497 e. The van der Waals surface area contributed by atoms with Crippen molar-refractivity contribution in [3.05, 3.63) is 23.8 Å². The van der Waals surface area contributed by atoms with Crippen LogP contribution in [-0.2, 0) is 16.0 Å². The summed E-state index contributed by atoms with van der Waals surface area (Å²) in [5.41, 5.74) is 0.747. The first-order chi connectivity index (χ1) is 10.0. The lowest BCUT2D eigenvalue weighted by Crippen LogP contribution is -2.34. The fourth-order valence-corrected chi connectivity index (χ4v) is 1.96. The number of rotatable bonds is 8. The van der Waals surface area contributed by atoms with E-state index in [2.05, 4.69) is 0 Å². The molecule has 0 heterocycles. The molecule has 0 aliphatic heterocycles. The summed E-state index contributed by atoms with van der Waals surface area (Å²) in [7, 11) is 3.09. The van der Waals surface area contributed by atoms with E-state index in [1.165, 1.54) is 12.0 Å². The molecule has 116 valence electrons. The molecular weight excluding hydrogens is 274 g/mol. The number of hydrogen-bond donors (Lipinski definition) is 1. The minimum absolute atomic E-state index is 0.0562. The van der Waals surface area contributed by atoms with Crippen LogP contribution in [0.4, 0.5) is 0 Å². The van der Waals surface area contributed by atoms with Gasteiger partial charge in [-0.3, -0.25) is 9.59 Å². The van der Waals surface area contributed by atoms with Crippen LogP contribution < -0.4 is 9.47 Å². The van der Waals surface area contributed by atoms with E-state index in [4.69, 9.17) is 14.6 Å². The Bertz CT molecular complexity index is 501. The summed E-state index contributed by atoms with van der Waals surface area (Å²) >= 11 is 0. The standard InChI is InChI=1S/C15H21NO5/c1-4-16(8-7-15(18)19)14(17)9-11-5-6-12(20-2)10-13(11)21-3/h5-6,10H,4,7-9H2,1-3H3,(H,18,19). The Kier molecular flexibility index (Phi) is 6.52. The van der Waals surface area contributed by atoms with Gasteiger partial charge in [0, 0.05) is 24.7 Å². The van der Waals surface area contributed by atoms with Crippen molar-refractivity contribution in [1.29, 1.82) is 0 Å². The van der Waals surface area contributed by atoms with Crippen molar-refractivity contribution in [2.75, 3.05) is 27.3 Å². The van der Waals surface area contributed by atoms with Crippen LogP contribution in [0.3, 0.4) is 0 Å². The van der Waals surface area contributed by atoms with Crippen LogP contribution in [0, 0.1) is 0 Å². The van der Waals surface area contributed by atoms with E-state index in [0.717, 1.165) is 5.56 Å². The van der Waals surface area contributed by atoms with Gasteiger partial charge in [0.2, 0.25) is 5.91 Å². The van der Waals surface area contributed by atoms with Gasteiger partial charge in [-0.2, -0.15) is 0 Å². The highest BCUT2D eigenvalue weighted by molar-refractivity contribution is 5.80. The molecule has 21 heavy (non-hydrogen) atoms. The quantitative estimate of drug-likeness (QED) is 0.788. The van der Waals surface area contributed by atoms with Gasteiger partial charge in [-0.05, 0) is 13.0 Å². The summed E-state index contributed by atoms with van der Waals surface area (Å²) in [6, 6.07) is 5.26. The van der Waals surface area contributed by atoms with Crippen molar-refractivity contribution in [1.82, 2.24) is 4.90 Å². The van der Waals surface area contributed by atoms with E-state index < -0.39 is 5.97 Å². The zero-order valence-electron chi connectivity index (χ0n) is 12.6. The van der Waals surface area contributed by atoms with Crippen molar-refractivity contribution >= 4 is 11.9 Å². The molecule has 0 saturated heterocycles. The summed E-state index contributed by atoms with van der Waals surface area (Å²) in [5, 5.41) is 8.70. The number of amides is 1. The summed E-state index contributed by atoms with van der Waals surface area (Å²) < 4.78 is 10.4. The van der Waals surface area contributed by atoms with Crippen LogP contribution >= 0.6 is 0 Å². The lowest BCUT2D eigenvalue weighted by atomic mass is 10.1. The number of methoxy groups -OCH3 is 2. The van der Waals surface area contributed by atoms with E-state index in [0.29, 0.717) is 18.0 Å². The SMILES string of the molecule is CCN(CCC(=O)O)C(=O)Cc1ccc(OC)cc1OC. The number of nitrogens with zero attached hydrogens (tertiary/aromatic N) is 1. The zero-order chi connectivity index (χ0) is 15.8. The van der Waals surface area contributed by atoms with Crippen LogP contribution in [0.1, 0.15) is 18.9 Å². The van der Waals surface area contributed by atoms with Gasteiger partial charge in [0.15, 0.2) is 0 Å². The third-order valence-electron chi connectivity index (χ3n) is 3.17. The van der Waals surface area contributed by atoms with E-state index in [1.807, 2.05) is 6.92 Å². The van der Waals surface area contributed by atoms with Crippen LogP contribution in [0.2, 0.25) is 0 Å². The topological polar surface area (TPSA) is 76.1 Å². The molecule has 0 fully saturated rings. The molecule has 1 aromatic rings. The summed E-state index contributed by atoms with van der Waals surface area (Å²) in [5.74, 6) is 0.198. The van der Waals surface area contributed by atoms with Crippen LogP contribution in [0.15, 0.2) is 18.2 Å². The predicted octanol–water partition coefficient (Wildman–Crippen LogP) is 1.57. The van der Waals surface area contributed by atoms with Gasteiger partial charge in [-0.15, -0.1) is 0 Å². The minimum Gasteiger partial charge on any atom is -0.497 e. The number of likely N-dealkylation sites (N-methyl/N-ethyl adjacent to an activating group) is 1. The minimum atomic E-state index is -0.914. The highest BCUT2D eigenvalue weighted by Gasteiger charge is 2.16. The molecule has 0 aliphatic carbocycles. The smallest absolute Gasteiger partial charge is 0.305 e. The molecule has 0 aliphatic rings. The Hall–Kier alpha value is -2.24. The third-order valence-corrected chi connectivity index (χ3v) is 3.17. The van der Waals surface area contributed by atoms with E-state index in [9.17, 15) is 9.59 Å². The first-order valence-corrected chi connectivity index (χ1v) is 6.72. The van der Waals surface area contributed by atoms with Gasteiger partial charge < -0.3 is 19.5 Å². The van der Waals surface area contributed by atoms with Crippen molar-refractivity contribution in [3.8, 4) is 11.5 Å². The molecule has 0 bridgehead atoms. The summed E-state index contributed by atoms with van der Waals surface area (Å²) in [6.45, 7) is 2.51. The maximum Gasteiger partial charge on any atom is 0.305 e. The molecule has 0 aromatic heterocycles. The van der Waals surface area contributed by atoms with Crippen LogP contribution in [-0.4, -0.2) is 49.2 Å². The van der Waals surface area contributed by atoms with Crippen molar-refractivity contribution < 1.29 is 24.2 Å². The first kappa shape index (κ1) is 16.8. The number of carbonyl (C=O) groups excluding carboxylic acids is 1. The molecule has 0 unspecified atom stereocenters. The summed E-state index contributed by atoms with van der Waals surface area (Å²) in [6.07, 6.45) is 0.111. The molecule has 1 aromatic carbocycles. The highest BCUT2D eigenvalue weighted by atomic mass is 16.5. The number of carboxylic acids is 1. The van der Waals surface area contributed by atoms with Gasteiger partial charge in [-0.25, -0.2) is 0 Å². The molecule has 0 radical (unpaired) electrons.